The molecule has 5 heterocycles. The van der Waals surface area contributed by atoms with Gasteiger partial charge in [0.2, 0.25) is 5.91 Å². The van der Waals surface area contributed by atoms with E-state index in [1.54, 1.807) is 4.90 Å². The first-order chi connectivity index (χ1) is 29.4. The van der Waals surface area contributed by atoms with Gasteiger partial charge in [0.1, 0.15) is 28.6 Å². The SMILES string of the molecule is CC(C)(C)c1ccc(Oc2ccc(-c3nn4c(c3C(N)=O)Nc3ccc(C5CCN(CC6CCN(c7ccc(N8CCC(=O)NC8=O)cc7)CC6)CC5)cc3CC4)cc2)cc1. The van der Waals surface area contributed by atoms with Gasteiger partial charge >= 0.3 is 6.03 Å². The van der Waals surface area contributed by atoms with Gasteiger partial charge in [-0.2, -0.15) is 5.10 Å². The van der Waals surface area contributed by atoms with Crippen molar-refractivity contribution in [1.29, 1.82) is 0 Å². The molecule has 4 aliphatic heterocycles. The number of carbonyl (C=O) groups is 3. The number of amides is 4. The smallest absolute Gasteiger partial charge is 0.328 e. The number of likely N-dealkylation sites (tertiary alicyclic amines) is 1. The minimum absolute atomic E-state index is 0.0721. The number of nitrogens with two attached hydrogens (primary N) is 1. The Labute approximate surface area is 358 Å². The van der Waals surface area contributed by atoms with Crippen molar-refractivity contribution in [2.24, 2.45) is 11.7 Å². The molecular weight excluding hydrogens is 765 g/mol. The number of aromatic nitrogens is 2. The van der Waals surface area contributed by atoms with Crippen molar-refractivity contribution in [2.75, 3.05) is 54.4 Å². The number of aryl methyl sites for hydroxylation is 2. The van der Waals surface area contributed by atoms with E-state index >= 15 is 0 Å². The summed E-state index contributed by atoms with van der Waals surface area (Å²) in [5.74, 6) is 2.57. The molecule has 3 fully saturated rings. The van der Waals surface area contributed by atoms with Gasteiger partial charge in [0.15, 0.2) is 0 Å². The van der Waals surface area contributed by atoms with E-state index in [-0.39, 0.29) is 17.4 Å². The number of urea groups is 1. The van der Waals surface area contributed by atoms with Crippen molar-refractivity contribution in [3.05, 3.63) is 113 Å². The summed E-state index contributed by atoms with van der Waals surface area (Å²) >= 11 is 0. The topological polar surface area (TPSA) is 138 Å². The molecule has 0 bridgehead atoms. The average Bonchev–Trinajstić information content (AvgIpc) is 3.52. The lowest BCUT2D eigenvalue weighted by atomic mass is 9.87. The van der Waals surface area contributed by atoms with Gasteiger partial charge < -0.3 is 25.6 Å². The Hall–Kier alpha value is -6.14. The van der Waals surface area contributed by atoms with E-state index in [1.807, 2.05) is 53.2 Å². The predicted molar refractivity (Wildman–Crippen MR) is 240 cm³/mol. The third kappa shape index (κ3) is 8.72. The number of hydrogen-bond acceptors (Lipinski definition) is 8. The number of primary amides is 1. The molecule has 0 aliphatic carbocycles. The summed E-state index contributed by atoms with van der Waals surface area (Å²) in [6.07, 6.45) is 5.74. The minimum atomic E-state index is -0.516. The van der Waals surface area contributed by atoms with Crippen LogP contribution in [0.5, 0.6) is 11.5 Å². The maximum absolute atomic E-state index is 13.0. The summed E-state index contributed by atoms with van der Waals surface area (Å²) in [6.45, 7) is 13.0. The molecular formula is C49H56N8O4. The number of nitrogens with zero attached hydrogens (tertiary/aromatic N) is 5. The predicted octanol–water partition coefficient (Wildman–Crippen LogP) is 8.58. The summed E-state index contributed by atoms with van der Waals surface area (Å²) in [7, 11) is 0. The average molecular weight is 821 g/mol. The van der Waals surface area contributed by atoms with Gasteiger partial charge in [-0.3, -0.25) is 19.8 Å². The van der Waals surface area contributed by atoms with E-state index in [0.29, 0.717) is 54.2 Å². The zero-order valence-electron chi connectivity index (χ0n) is 35.5. The fraction of sp³-hybridized carbons (Fsp3) is 0.388. The van der Waals surface area contributed by atoms with Crippen LogP contribution in [0, 0.1) is 5.92 Å². The molecule has 0 spiro atoms. The van der Waals surface area contributed by atoms with Gasteiger partial charge in [-0.1, -0.05) is 45.0 Å². The highest BCUT2D eigenvalue weighted by Gasteiger charge is 2.30. The quantitative estimate of drug-likeness (QED) is 0.135. The van der Waals surface area contributed by atoms with Gasteiger partial charge in [-0.05, 0) is 146 Å². The number of hydrogen-bond donors (Lipinski definition) is 3. The monoisotopic (exact) mass is 820 g/mol. The molecule has 0 atom stereocenters. The molecule has 12 nitrogen and oxygen atoms in total. The van der Waals surface area contributed by atoms with E-state index in [4.69, 9.17) is 15.6 Å². The van der Waals surface area contributed by atoms with Crippen LogP contribution < -0.4 is 30.9 Å². The summed E-state index contributed by atoms with van der Waals surface area (Å²) in [5, 5.41) is 10.9. The van der Waals surface area contributed by atoms with Crippen LogP contribution in [0.1, 0.15) is 85.8 Å². The number of imide groups is 1. The minimum Gasteiger partial charge on any atom is -0.457 e. The lowest BCUT2D eigenvalue weighted by Crippen LogP contribution is -2.49. The van der Waals surface area contributed by atoms with Gasteiger partial charge in [0, 0.05) is 61.8 Å². The molecule has 61 heavy (non-hydrogen) atoms. The third-order valence-corrected chi connectivity index (χ3v) is 13.0. The van der Waals surface area contributed by atoms with Crippen molar-refractivity contribution < 1.29 is 19.1 Å². The second kappa shape index (κ2) is 16.7. The Kier molecular flexibility index (Phi) is 11.0. The van der Waals surface area contributed by atoms with E-state index in [9.17, 15) is 14.4 Å². The van der Waals surface area contributed by atoms with Gasteiger partial charge in [0.05, 0.1) is 0 Å². The van der Waals surface area contributed by atoms with Crippen LogP contribution in [0.3, 0.4) is 0 Å². The lowest BCUT2D eigenvalue weighted by Gasteiger charge is -2.38. The molecule has 0 unspecified atom stereocenters. The Morgan fingerprint density at radius 3 is 2.10 bits per heavy atom. The molecule has 0 saturated carbocycles. The van der Waals surface area contributed by atoms with Crippen LogP contribution in [-0.4, -0.2) is 71.8 Å². The van der Waals surface area contributed by atoms with Crippen LogP contribution in [0.25, 0.3) is 11.3 Å². The van der Waals surface area contributed by atoms with Crippen LogP contribution in [0.2, 0.25) is 0 Å². The number of rotatable bonds is 9. The zero-order valence-corrected chi connectivity index (χ0v) is 35.5. The van der Waals surface area contributed by atoms with Crippen LogP contribution >= 0.6 is 0 Å². The van der Waals surface area contributed by atoms with E-state index in [1.165, 1.54) is 35.2 Å². The Balaban J connectivity index is 0.778. The van der Waals surface area contributed by atoms with Crippen molar-refractivity contribution >= 4 is 40.7 Å². The molecule has 316 valence electrons. The standard InChI is InChI=1S/C49H56N8O4/c1-49(2,3)37-7-15-41(16-8-37)61-40-13-4-34(5-14-40)45-44(46(50)59)47-51-42-17-6-35(30-36(42)22-29-57(47)53-45)33-20-24-54(25-21-33)31-32-18-26-55(27-19-32)38-9-11-39(12-10-38)56-28-23-43(58)52-48(56)60/h4-17,30,32-33,51H,18-29,31H2,1-3H3,(H2,50,59)(H,52,58,60). The second-order valence-electron chi connectivity index (χ2n) is 18.1. The molecule has 0 radical (unpaired) electrons. The lowest BCUT2D eigenvalue weighted by molar-refractivity contribution is -0.120. The summed E-state index contributed by atoms with van der Waals surface area (Å²) in [5.41, 5.74) is 14.7. The van der Waals surface area contributed by atoms with E-state index in [2.05, 4.69) is 83.7 Å². The number of piperidine rings is 2. The molecule has 12 heteroatoms. The second-order valence-corrected chi connectivity index (χ2v) is 18.1. The molecule has 5 aromatic rings. The first kappa shape index (κ1) is 40.3. The maximum atomic E-state index is 13.0. The molecule has 4 N–H and O–H groups in total. The van der Waals surface area contributed by atoms with Crippen molar-refractivity contribution in [3.8, 4) is 22.8 Å². The summed E-state index contributed by atoms with van der Waals surface area (Å²) in [4.78, 5) is 43.5. The number of nitrogens with one attached hydrogen (secondary N) is 2. The Morgan fingerprint density at radius 2 is 1.44 bits per heavy atom. The molecule has 4 aliphatic rings. The largest absolute Gasteiger partial charge is 0.457 e. The van der Waals surface area contributed by atoms with Crippen molar-refractivity contribution in [3.63, 3.8) is 0 Å². The number of fused-ring (bicyclic) bond motifs is 2. The van der Waals surface area contributed by atoms with Crippen LogP contribution in [-0.2, 0) is 23.2 Å². The third-order valence-electron chi connectivity index (χ3n) is 13.0. The molecule has 4 amide bonds. The first-order valence-corrected chi connectivity index (χ1v) is 21.8. The zero-order chi connectivity index (χ0) is 42.3. The van der Waals surface area contributed by atoms with Gasteiger partial charge in [-0.25, -0.2) is 9.48 Å². The van der Waals surface area contributed by atoms with Crippen molar-refractivity contribution in [2.45, 2.75) is 77.2 Å². The highest BCUT2D eigenvalue weighted by molar-refractivity contribution is 6.06. The van der Waals surface area contributed by atoms with Crippen LogP contribution in [0.15, 0.2) is 91.0 Å². The Morgan fingerprint density at radius 1 is 0.770 bits per heavy atom. The molecule has 1 aromatic heterocycles. The Bertz CT molecular complexity index is 2400. The number of ether oxygens (including phenoxy) is 1. The van der Waals surface area contributed by atoms with Crippen molar-refractivity contribution in [1.82, 2.24) is 20.0 Å². The fourth-order valence-corrected chi connectivity index (χ4v) is 9.42. The molecule has 9 rings (SSSR count). The van der Waals surface area contributed by atoms with Crippen LogP contribution in [0.4, 0.5) is 27.7 Å². The summed E-state index contributed by atoms with van der Waals surface area (Å²) < 4.78 is 8.02. The number of anilines is 4. The number of carbonyl (C=O) groups excluding carboxylic acids is 3. The summed E-state index contributed by atoms with van der Waals surface area (Å²) in [6, 6.07) is 30.4. The molecule has 3 saturated heterocycles. The number of benzene rings is 4. The van der Waals surface area contributed by atoms with Gasteiger partial charge in [-0.15, -0.1) is 0 Å². The highest BCUT2D eigenvalue weighted by atomic mass is 16.5. The van der Waals surface area contributed by atoms with Gasteiger partial charge in [0.25, 0.3) is 5.91 Å². The first-order valence-electron chi connectivity index (χ1n) is 21.8. The highest BCUT2D eigenvalue weighted by Crippen LogP contribution is 2.38. The van der Waals surface area contributed by atoms with E-state index < -0.39 is 5.91 Å². The maximum Gasteiger partial charge on any atom is 0.328 e. The molecule has 4 aromatic carbocycles. The van der Waals surface area contributed by atoms with E-state index in [0.717, 1.165) is 74.7 Å². The fourth-order valence-electron chi connectivity index (χ4n) is 9.42. The normalized spacial score (nSPS) is 17.9.